The number of nitrogens with zero attached hydrogens (tertiary/aromatic N) is 4. The molecule has 2 aromatic heterocycles. The van der Waals surface area contributed by atoms with Gasteiger partial charge in [-0.1, -0.05) is 0 Å². The third-order valence-corrected chi connectivity index (χ3v) is 4.71. The number of carbonyl (C=O) groups is 1. The Morgan fingerprint density at radius 3 is 2.91 bits per heavy atom. The molecule has 0 bridgehead atoms. The summed E-state index contributed by atoms with van der Waals surface area (Å²) >= 11 is 0. The van der Waals surface area contributed by atoms with Crippen LogP contribution in [0.5, 0.6) is 0 Å². The molecule has 3 heterocycles. The van der Waals surface area contributed by atoms with Gasteiger partial charge in [-0.25, -0.2) is 0 Å². The Kier molecular flexibility index (Phi) is 3.73. The first-order valence-corrected chi connectivity index (χ1v) is 8.18. The van der Waals surface area contributed by atoms with Gasteiger partial charge in [-0.2, -0.15) is 5.10 Å². The fourth-order valence-corrected chi connectivity index (χ4v) is 3.35. The van der Waals surface area contributed by atoms with Gasteiger partial charge in [0.2, 0.25) is 5.91 Å². The summed E-state index contributed by atoms with van der Waals surface area (Å²) in [5.74, 6) is 2.48. The minimum atomic E-state index is 0.101. The lowest BCUT2D eigenvalue weighted by atomic mass is 10.2. The highest BCUT2D eigenvalue weighted by Crippen LogP contribution is 2.48. The predicted octanol–water partition coefficient (Wildman–Crippen LogP) is 1.91. The normalized spacial score (nSPS) is 24.3. The maximum atomic E-state index is 12.7. The van der Waals surface area contributed by atoms with Crippen molar-refractivity contribution in [3.8, 4) is 0 Å². The highest BCUT2D eigenvalue weighted by Gasteiger charge is 2.47. The van der Waals surface area contributed by atoms with E-state index in [1.807, 2.05) is 29.2 Å². The van der Waals surface area contributed by atoms with Gasteiger partial charge in [0.15, 0.2) is 5.82 Å². The summed E-state index contributed by atoms with van der Waals surface area (Å²) in [6.07, 6.45) is 5.23. The van der Waals surface area contributed by atoms with E-state index in [4.69, 9.17) is 4.42 Å². The average Bonchev–Trinajstić information content (AvgIpc) is 3.29. The third kappa shape index (κ3) is 2.93. The van der Waals surface area contributed by atoms with E-state index in [1.165, 1.54) is 0 Å². The first kappa shape index (κ1) is 14.2. The number of hydrogen-bond donors (Lipinski definition) is 0. The summed E-state index contributed by atoms with van der Waals surface area (Å²) in [6, 6.07) is 7.72. The van der Waals surface area contributed by atoms with Crippen molar-refractivity contribution in [3.63, 3.8) is 0 Å². The van der Waals surface area contributed by atoms with Gasteiger partial charge < -0.3 is 14.2 Å². The fourth-order valence-electron chi connectivity index (χ4n) is 3.35. The molecular weight excluding hydrogens is 292 g/mol. The van der Waals surface area contributed by atoms with E-state index in [0.29, 0.717) is 0 Å². The van der Waals surface area contributed by atoms with E-state index in [0.717, 1.165) is 50.6 Å². The number of carbonyl (C=O) groups excluding carboxylic acids is 1. The molecule has 2 unspecified atom stereocenters. The molecule has 23 heavy (non-hydrogen) atoms. The van der Waals surface area contributed by atoms with Crippen LogP contribution in [0.1, 0.15) is 24.5 Å². The van der Waals surface area contributed by atoms with Crippen molar-refractivity contribution in [3.05, 3.63) is 42.5 Å². The van der Waals surface area contributed by atoms with Crippen LogP contribution in [0.2, 0.25) is 0 Å². The lowest BCUT2D eigenvalue weighted by molar-refractivity contribution is -0.132. The molecule has 0 N–H and O–H groups in total. The Morgan fingerprint density at radius 1 is 1.17 bits per heavy atom. The van der Waals surface area contributed by atoms with Crippen LogP contribution in [0.25, 0.3) is 0 Å². The summed E-state index contributed by atoms with van der Waals surface area (Å²) in [5, 5.41) is 8.11. The van der Waals surface area contributed by atoms with Gasteiger partial charge in [-0.15, -0.1) is 5.10 Å². The van der Waals surface area contributed by atoms with Crippen LogP contribution in [0.15, 0.2) is 41.1 Å². The molecule has 0 radical (unpaired) electrons. The molecule has 4 rings (SSSR count). The second-order valence-corrected chi connectivity index (χ2v) is 6.21. The van der Waals surface area contributed by atoms with Crippen LogP contribution in [0.3, 0.4) is 0 Å². The van der Waals surface area contributed by atoms with Crippen molar-refractivity contribution in [2.75, 3.05) is 31.1 Å². The fraction of sp³-hybridized carbons (Fsp3) is 0.471. The molecule has 1 saturated carbocycles. The first-order chi connectivity index (χ1) is 11.3. The number of amides is 1. The molecular formula is C17H20N4O2. The molecule has 2 atom stereocenters. The molecule has 6 heteroatoms. The maximum absolute atomic E-state index is 12.7. The molecule has 1 aliphatic heterocycles. The Morgan fingerprint density at radius 2 is 2.13 bits per heavy atom. The minimum absolute atomic E-state index is 0.101. The quantitative estimate of drug-likeness (QED) is 0.866. The van der Waals surface area contributed by atoms with Gasteiger partial charge in [-0.05, 0) is 37.1 Å². The Balaban J connectivity index is 1.37. The SMILES string of the molecule is O=C(C1CC1c1ccco1)N1CCCN(c2cccnn2)CC1. The van der Waals surface area contributed by atoms with Crippen LogP contribution >= 0.6 is 0 Å². The average molecular weight is 312 g/mol. The zero-order chi connectivity index (χ0) is 15.6. The van der Waals surface area contributed by atoms with Crippen LogP contribution in [-0.4, -0.2) is 47.2 Å². The van der Waals surface area contributed by atoms with E-state index in [9.17, 15) is 4.79 Å². The van der Waals surface area contributed by atoms with Crippen molar-refractivity contribution >= 4 is 11.7 Å². The van der Waals surface area contributed by atoms with Crippen molar-refractivity contribution in [2.45, 2.75) is 18.8 Å². The summed E-state index contributed by atoms with van der Waals surface area (Å²) in [4.78, 5) is 16.9. The number of aromatic nitrogens is 2. The standard InChI is InChI=1S/C17H20N4O2/c22-17(14-12-13(14)15-4-2-11-23-15)21-8-3-7-20(9-10-21)16-5-1-6-18-19-16/h1-2,4-6,11,13-14H,3,7-10,12H2. The van der Waals surface area contributed by atoms with Gasteiger partial charge in [0, 0.05) is 44.2 Å². The molecule has 2 aromatic rings. The number of rotatable bonds is 3. The molecule has 0 aromatic carbocycles. The minimum Gasteiger partial charge on any atom is -0.469 e. The number of anilines is 1. The highest BCUT2D eigenvalue weighted by atomic mass is 16.3. The molecule has 1 aliphatic carbocycles. The molecule has 1 amide bonds. The molecule has 2 fully saturated rings. The summed E-state index contributed by atoms with van der Waals surface area (Å²) in [6.45, 7) is 3.28. The number of furan rings is 1. The Bertz CT molecular complexity index is 658. The van der Waals surface area contributed by atoms with Gasteiger partial charge in [0.1, 0.15) is 5.76 Å². The Labute approximate surface area is 135 Å². The monoisotopic (exact) mass is 312 g/mol. The van der Waals surface area contributed by atoms with Gasteiger partial charge in [0.05, 0.1) is 6.26 Å². The maximum Gasteiger partial charge on any atom is 0.226 e. The zero-order valence-electron chi connectivity index (χ0n) is 13.0. The van der Waals surface area contributed by atoms with E-state index in [-0.39, 0.29) is 17.7 Å². The van der Waals surface area contributed by atoms with Crippen LogP contribution in [0.4, 0.5) is 5.82 Å². The van der Waals surface area contributed by atoms with Crippen LogP contribution < -0.4 is 4.90 Å². The molecule has 120 valence electrons. The molecule has 1 saturated heterocycles. The second-order valence-electron chi connectivity index (χ2n) is 6.21. The first-order valence-electron chi connectivity index (χ1n) is 8.18. The van der Waals surface area contributed by atoms with E-state index >= 15 is 0 Å². The smallest absolute Gasteiger partial charge is 0.226 e. The lowest BCUT2D eigenvalue weighted by Gasteiger charge is -2.22. The zero-order valence-corrected chi connectivity index (χ0v) is 13.0. The van der Waals surface area contributed by atoms with E-state index < -0.39 is 0 Å². The van der Waals surface area contributed by atoms with Crippen molar-refractivity contribution in [1.29, 1.82) is 0 Å². The van der Waals surface area contributed by atoms with Crippen molar-refractivity contribution in [1.82, 2.24) is 15.1 Å². The number of hydrogen-bond acceptors (Lipinski definition) is 5. The molecule has 2 aliphatic rings. The third-order valence-electron chi connectivity index (χ3n) is 4.71. The Hall–Kier alpha value is -2.37. The van der Waals surface area contributed by atoms with E-state index in [2.05, 4.69) is 15.1 Å². The van der Waals surface area contributed by atoms with Gasteiger partial charge in [0.25, 0.3) is 0 Å². The van der Waals surface area contributed by atoms with Crippen LogP contribution in [0, 0.1) is 5.92 Å². The van der Waals surface area contributed by atoms with Gasteiger partial charge >= 0.3 is 0 Å². The lowest BCUT2D eigenvalue weighted by Crippen LogP contribution is -2.36. The van der Waals surface area contributed by atoms with Crippen molar-refractivity contribution in [2.24, 2.45) is 5.92 Å². The van der Waals surface area contributed by atoms with Crippen molar-refractivity contribution < 1.29 is 9.21 Å². The summed E-state index contributed by atoms with van der Waals surface area (Å²) < 4.78 is 5.43. The molecule has 6 nitrogen and oxygen atoms in total. The van der Waals surface area contributed by atoms with Crippen LogP contribution in [-0.2, 0) is 4.79 Å². The molecule has 0 spiro atoms. The summed E-state index contributed by atoms with van der Waals surface area (Å²) in [7, 11) is 0. The largest absolute Gasteiger partial charge is 0.469 e. The van der Waals surface area contributed by atoms with E-state index in [1.54, 1.807) is 12.5 Å². The topological polar surface area (TPSA) is 62.5 Å². The highest BCUT2D eigenvalue weighted by molar-refractivity contribution is 5.83. The second kappa shape index (κ2) is 6.02. The summed E-state index contributed by atoms with van der Waals surface area (Å²) in [5.41, 5.74) is 0. The van der Waals surface area contributed by atoms with Gasteiger partial charge in [-0.3, -0.25) is 4.79 Å². The predicted molar refractivity (Wildman–Crippen MR) is 85.0 cm³/mol.